The molecular formula is C24H32N2O4. The number of hydrogen-bond acceptors (Lipinski definition) is 5. The van der Waals surface area contributed by atoms with E-state index < -0.39 is 24.3 Å². The number of carbonyl (C=O) groups is 1. The maximum atomic E-state index is 12.2. The molecule has 1 amide bonds. The van der Waals surface area contributed by atoms with E-state index in [0.29, 0.717) is 13.1 Å². The first-order chi connectivity index (χ1) is 14.6. The van der Waals surface area contributed by atoms with Crippen LogP contribution in [0.5, 0.6) is 0 Å². The van der Waals surface area contributed by atoms with E-state index in [1.165, 1.54) is 11.1 Å². The predicted octanol–water partition coefficient (Wildman–Crippen LogP) is 1.50. The highest BCUT2D eigenvalue weighted by atomic mass is 16.3. The lowest BCUT2D eigenvalue weighted by Gasteiger charge is -2.31. The summed E-state index contributed by atoms with van der Waals surface area (Å²) in [5.41, 5.74) is 2.37. The van der Waals surface area contributed by atoms with Gasteiger partial charge in [0, 0.05) is 24.9 Å². The fraction of sp³-hybridized carbons (Fsp3) is 0.458. The maximum Gasteiger partial charge on any atom is 0.221 e. The molecule has 2 aromatic carbocycles. The summed E-state index contributed by atoms with van der Waals surface area (Å²) in [6.45, 7) is 2.62. The number of rotatable bonds is 9. The van der Waals surface area contributed by atoms with Crippen LogP contribution in [0.3, 0.4) is 0 Å². The Bertz CT molecular complexity index is 747. The van der Waals surface area contributed by atoms with Crippen molar-refractivity contribution in [2.75, 3.05) is 19.7 Å². The van der Waals surface area contributed by atoms with Crippen LogP contribution >= 0.6 is 0 Å². The maximum absolute atomic E-state index is 12.2. The number of amides is 1. The summed E-state index contributed by atoms with van der Waals surface area (Å²) >= 11 is 0. The molecule has 0 spiro atoms. The van der Waals surface area contributed by atoms with Gasteiger partial charge in [0.25, 0.3) is 0 Å². The second kappa shape index (κ2) is 10.7. The minimum atomic E-state index is -1.08. The summed E-state index contributed by atoms with van der Waals surface area (Å²) in [7, 11) is 0. The number of benzene rings is 2. The van der Waals surface area contributed by atoms with Crippen molar-refractivity contribution in [2.45, 2.75) is 50.0 Å². The molecule has 1 heterocycles. The molecule has 0 bridgehead atoms. The van der Waals surface area contributed by atoms with Crippen molar-refractivity contribution >= 4 is 5.91 Å². The highest BCUT2D eigenvalue weighted by Gasteiger charge is 2.47. The van der Waals surface area contributed by atoms with Gasteiger partial charge in [0.05, 0.1) is 24.9 Å². The van der Waals surface area contributed by atoms with Gasteiger partial charge in [-0.15, -0.1) is 0 Å². The molecule has 4 N–H and O–H groups in total. The van der Waals surface area contributed by atoms with Gasteiger partial charge in [-0.2, -0.15) is 0 Å². The van der Waals surface area contributed by atoms with Crippen molar-refractivity contribution < 1.29 is 20.1 Å². The predicted molar refractivity (Wildman–Crippen MR) is 116 cm³/mol. The van der Waals surface area contributed by atoms with E-state index in [4.69, 9.17) is 0 Å². The van der Waals surface area contributed by atoms with Gasteiger partial charge in [0.2, 0.25) is 5.91 Å². The molecule has 0 aromatic heterocycles. The minimum Gasteiger partial charge on any atom is -0.395 e. The van der Waals surface area contributed by atoms with Crippen LogP contribution in [0, 0.1) is 0 Å². The third-order valence-electron chi connectivity index (χ3n) is 6.03. The van der Waals surface area contributed by atoms with Gasteiger partial charge in [-0.05, 0) is 31.0 Å². The number of likely N-dealkylation sites (tertiary alicyclic amines) is 1. The summed E-state index contributed by atoms with van der Waals surface area (Å²) in [6, 6.07) is 19.3. The van der Waals surface area contributed by atoms with Crippen LogP contribution in [-0.2, 0) is 4.79 Å². The Morgan fingerprint density at radius 1 is 0.967 bits per heavy atom. The van der Waals surface area contributed by atoms with Gasteiger partial charge < -0.3 is 20.6 Å². The van der Waals surface area contributed by atoms with Crippen molar-refractivity contribution in [3.63, 3.8) is 0 Å². The molecule has 3 rings (SSSR count). The van der Waals surface area contributed by atoms with Gasteiger partial charge >= 0.3 is 0 Å². The first kappa shape index (κ1) is 22.4. The normalized spacial score (nSPS) is 24.3. The summed E-state index contributed by atoms with van der Waals surface area (Å²) in [4.78, 5) is 14.1. The van der Waals surface area contributed by atoms with E-state index in [9.17, 15) is 20.1 Å². The number of aliphatic hydroxyl groups excluding tert-OH is 3. The molecule has 0 radical (unpaired) electrons. The number of nitrogens with zero attached hydrogens (tertiary/aromatic N) is 1. The monoisotopic (exact) mass is 412 g/mol. The minimum absolute atomic E-state index is 0.0872. The molecule has 0 saturated carbocycles. The lowest BCUT2D eigenvalue weighted by Crippen LogP contribution is -2.44. The average Bonchev–Trinajstić information content (AvgIpc) is 2.99. The van der Waals surface area contributed by atoms with Gasteiger partial charge in [0.1, 0.15) is 0 Å². The van der Waals surface area contributed by atoms with Gasteiger partial charge in [-0.3, -0.25) is 9.69 Å². The third kappa shape index (κ3) is 5.08. The number of carbonyl (C=O) groups excluding carboxylic acids is 1. The highest BCUT2D eigenvalue weighted by molar-refractivity contribution is 5.76. The summed E-state index contributed by atoms with van der Waals surface area (Å²) in [5.74, 6) is -0.0354. The molecule has 162 valence electrons. The average molecular weight is 413 g/mol. The molecule has 30 heavy (non-hydrogen) atoms. The summed E-state index contributed by atoms with van der Waals surface area (Å²) in [6.07, 6.45) is -1.34. The van der Waals surface area contributed by atoms with Crippen molar-refractivity contribution in [2.24, 2.45) is 0 Å². The lowest BCUT2D eigenvalue weighted by molar-refractivity contribution is -0.123. The topological polar surface area (TPSA) is 93.0 Å². The molecule has 1 saturated heterocycles. The first-order valence-corrected chi connectivity index (χ1v) is 10.7. The van der Waals surface area contributed by atoms with Crippen LogP contribution in [0.1, 0.15) is 36.8 Å². The number of nitrogens with one attached hydrogen (secondary N) is 1. The molecule has 1 aliphatic heterocycles. The van der Waals surface area contributed by atoms with Crippen LogP contribution < -0.4 is 5.32 Å². The van der Waals surface area contributed by atoms with Gasteiger partial charge in [0.15, 0.2) is 0 Å². The quantitative estimate of drug-likeness (QED) is 0.501. The van der Waals surface area contributed by atoms with E-state index in [0.717, 1.165) is 6.42 Å². The van der Waals surface area contributed by atoms with Crippen LogP contribution in [0.25, 0.3) is 0 Å². The highest BCUT2D eigenvalue weighted by Crippen LogP contribution is 2.32. The van der Waals surface area contributed by atoms with Crippen molar-refractivity contribution in [3.05, 3.63) is 71.8 Å². The van der Waals surface area contributed by atoms with E-state index in [-0.39, 0.29) is 24.9 Å². The SMILES string of the molecule is CCNC(=O)CC1C(O)C(O)C(CO)N1CCC(c1ccccc1)c1ccccc1. The Morgan fingerprint density at radius 2 is 1.50 bits per heavy atom. The fourth-order valence-corrected chi connectivity index (χ4v) is 4.51. The first-order valence-electron chi connectivity index (χ1n) is 10.7. The molecule has 4 unspecified atom stereocenters. The van der Waals surface area contributed by atoms with Crippen LogP contribution in [0.2, 0.25) is 0 Å². The Kier molecular flexibility index (Phi) is 7.99. The summed E-state index contributed by atoms with van der Waals surface area (Å²) < 4.78 is 0. The molecule has 6 heteroatoms. The van der Waals surface area contributed by atoms with Crippen LogP contribution in [0.15, 0.2) is 60.7 Å². The zero-order valence-electron chi connectivity index (χ0n) is 17.4. The Morgan fingerprint density at radius 3 is 2.00 bits per heavy atom. The summed E-state index contributed by atoms with van der Waals surface area (Å²) in [5, 5.41) is 33.6. The fourth-order valence-electron chi connectivity index (χ4n) is 4.51. The molecule has 0 aliphatic carbocycles. The second-order valence-electron chi connectivity index (χ2n) is 7.86. The number of aliphatic hydroxyl groups is 3. The Labute approximate surface area is 178 Å². The van der Waals surface area contributed by atoms with Gasteiger partial charge in [-0.25, -0.2) is 0 Å². The number of hydrogen-bond donors (Lipinski definition) is 4. The van der Waals surface area contributed by atoms with E-state index in [1.807, 2.05) is 48.2 Å². The molecule has 1 aliphatic rings. The van der Waals surface area contributed by atoms with Crippen molar-refractivity contribution in [1.29, 1.82) is 0 Å². The van der Waals surface area contributed by atoms with E-state index >= 15 is 0 Å². The molecule has 6 nitrogen and oxygen atoms in total. The largest absolute Gasteiger partial charge is 0.395 e. The molecule has 4 atom stereocenters. The van der Waals surface area contributed by atoms with Crippen molar-refractivity contribution in [3.8, 4) is 0 Å². The van der Waals surface area contributed by atoms with Crippen LogP contribution in [-0.4, -0.2) is 70.1 Å². The smallest absolute Gasteiger partial charge is 0.221 e. The van der Waals surface area contributed by atoms with Gasteiger partial charge in [-0.1, -0.05) is 60.7 Å². The third-order valence-corrected chi connectivity index (χ3v) is 6.03. The molecular weight excluding hydrogens is 380 g/mol. The van der Waals surface area contributed by atoms with Crippen LogP contribution in [0.4, 0.5) is 0 Å². The second-order valence-corrected chi connectivity index (χ2v) is 7.86. The zero-order chi connectivity index (χ0) is 21.5. The van der Waals surface area contributed by atoms with Crippen molar-refractivity contribution in [1.82, 2.24) is 10.2 Å². The van der Waals surface area contributed by atoms with E-state index in [2.05, 4.69) is 29.6 Å². The lowest BCUT2D eigenvalue weighted by atomic mass is 9.88. The molecule has 1 fully saturated rings. The Hall–Kier alpha value is -2.25. The zero-order valence-corrected chi connectivity index (χ0v) is 17.4. The Balaban J connectivity index is 1.81. The molecule has 2 aromatic rings. The van der Waals surface area contributed by atoms with E-state index in [1.54, 1.807) is 0 Å². The standard InChI is InChI=1S/C24H32N2O4/c1-2-25-22(28)15-20-23(29)24(30)21(16-27)26(20)14-13-19(17-9-5-3-6-10-17)18-11-7-4-8-12-18/h3-12,19-21,23-24,27,29-30H,2,13-16H2,1H3,(H,25,28).